The second kappa shape index (κ2) is 3.61. The maximum atomic E-state index is 7.26. The maximum Gasteiger partial charge on any atom is 0.196 e. The molecule has 0 unspecified atom stereocenters. The summed E-state index contributed by atoms with van der Waals surface area (Å²) in [5.74, 6) is 0. The molecule has 0 spiro atoms. The lowest BCUT2D eigenvalue weighted by molar-refractivity contribution is 1.01. The van der Waals surface area contributed by atoms with Crippen molar-refractivity contribution in [3.05, 3.63) is 59.2 Å². The number of rotatable bonds is 0. The van der Waals surface area contributed by atoms with Crippen LogP contribution in [0.1, 0.15) is 0 Å². The number of aryl methyl sites for hydroxylation is 1. The first-order valence-corrected chi connectivity index (χ1v) is 5.52. The minimum atomic E-state index is 0.606. The molecule has 0 radical (unpaired) electrons. The van der Waals surface area contributed by atoms with E-state index in [-0.39, 0.29) is 0 Å². The van der Waals surface area contributed by atoms with Crippen LogP contribution in [-0.4, -0.2) is 4.57 Å². The first kappa shape index (κ1) is 10.4. The average molecular weight is 231 g/mol. The van der Waals surface area contributed by atoms with Crippen LogP contribution in [0.4, 0.5) is 11.4 Å². The molecule has 0 atom stereocenters. The molecular weight excluding hydrogens is 222 g/mol. The summed E-state index contributed by atoms with van der Waals surface area (Å²) in [6.45, 7) is 14.4. The Hall–Kier alpha value is -2.78. The van der Waals surface area contributed by atoms with E-state index in [2.05, 4.69) is 14.3 Å². The highest BCUT2D eigenvalue weighted by atomic mass is 14.9. The Bertz CT molecular complexity index is 857. The minimum absolute atomic E-state index is 0.606. The van der Waals surface area contributed by atoms with E-state index in [0.29, 0.717) is 11.4 Å². The number of nitrogens with zero attached hydrogens (tertiary/aromatic N) is 3. The van der Waals surface area contributed by atoms with Gasteiger partial charge in [-0.3, -0.25) is 0 Å². The quantitative estimate of drug-likeness (QED) is 0.508. The van der Waals surface area contributed by atoms with Crippen molar-refractivity contribution in [2.45, 2.75) is 0 Å². The third-order valence-electron chi connectivity index (χ3n) is 3.24. The van der Waals surface area contributed by atoms with Gasteiger partial charge in [-0.05, 0) is 23.6 Å². The Balaban J connectivity index is 2.63. The molecule has 0 aliphatic carbocycles. The predicted molar refractivity (Wildman–Crippen MR) is 72.9 cm³/mol. The summed E-state index contributed by atoms with van der Waals surface area (Å²) in [5.41, 5.74) is 3.32. The standard InChI is InChI=1S/C15H9N3/c1-16-10-7-8-13-11(9-10)15-12(17-2)5-4-6-14(15)18(13)3/h4-9H,3H3. The molecule has 0 amide bonds. The van der Waals surface area contributed by atoms with Crippen LogP contribution < -0.4 is 0 Å². The van der Waals surface area contributed by atoms with Crippen molar-refractivity contribution in [3.63, 3.8) is 0 Å². The van der Waals surface area contributed by atoms with Crippen LogP contribution in [0, 0.1) is 13.1 Å². The summed E-state index contributed by atoms with van der Waals surface area (Å²) in [7, 11) is 1.98. The number of hydrogen-bond acceptors (Lipinski definition) is 0. The van der Waals surface area contributed by atoms with E-state index in [1.54, 1.807) is 0 Å². The molecule has 3 nitrogen and oxygen atoms in total. The van der Waals surface area contributed by atoms with Crippen LogP contribution in [0.25, 0.3) is 31.5 Å². The van der Waals surface area contributed by atoms with Crippen molar-refractivity contribution in [2.24, 2.45) is 7.05 Å². The zero-order valence-electron chi connectivity index (χ0n) is 9.81. The summed E-state index contributed by atoms with van der Waals surface area (Å²) in [6, 6.07) is 11.3. The summed E-state index contributed by atoms with van der Waals surface area (Å²) in [6.07, 6.45) is 0. The Morgan fingerprint density at radius 3 is 2.56 bits per heavy atom. The highest BCUT2D eigenvalue weighted by molar-refractivity contribution is 6.14. The van der Waals surface area contributed by atoms with E-state index in [1.165, 1.54) is 0 Å². The van der Waals surface area contributed by atoms with Crippen LogP contribution in [-0.2, 0) is 7.05 Å². The normalized spacial score (nSPS) is 10.4. The van der Waals surface area contributed by atoms with Crippen molar-refractivity contribution in [3.8, 4) is 0 Å². The fourth-order valence-electron chi connectivity index (χ4n) is 2.39. The Labute approximate surface area is 105 Å². The first-order chi connectivity index (χ1) is 8.76. The van der Waals surface area contributed by atoms with Crippen molar-refractivity contribution in [2.75, 3.05) is 0 Å². The number of fused-ring (bicyclic) bond motifs is 3. The third kappa shape index (κ3) is 1.22. The van der Waals surface area contributed by atoms with Crippen LogP contribution in [0.5, 0.6) is 0 Å². The highest BCUT2D eigenvalue weighted by Crippen LogP contribution is 2.36. The zero-order valence-corrected chi connectivity index (χ0v) is 9.81. The number of benzene rings is 2. The molecule has 84 valence electrons. The lowest BCUT2D eigenvalue weighted by Crippen LogP contribution is -1.85. The van der Waals surface area contributed by atoms with Gasteiger partial charge in [0.1, 0.15) is 0 Å². The van der Waals surface area contributed by atoms with Gasteiger partial charge >= 0.3 is 0 Å². The van der Waals surface area contributed by atoms with E-state index >= 15 is 0 Å². The molecule has 0 aliphatic rings. The van der Waals surface area contributed by atoms with E-state index in [0.717, 1.165) is 21.8 Å². The summed E-state index contributed by atoms with van der Waals surface area (Å²) in [4.78, 5) is 7.03. The van der Waals surface area contributed by atoms with E-state index in [4.69, 9.17) is 13.1 Å². The fraction of sp³-hybridized carbons (Fsp3) is 0.0667. The summed E-state index contributed by atoms with van der Waals surface area (Å²) >= 11 is 0. The van der Waals surface area contributed by atoms with E-state index in [1.807, 2.05) is 43.4 Å². The number of aromatic nitrogens is 1. The topological polar surface area (TPSA) is 13.7 Å². The van der Waals surface area contributed by atoms with Crippen molar-refractivity contribution < 1.29 is 0 Å². The van der Waals surface area contributed by atoms with Crippen LogP contribution in [0.15, 0.2) is 36.4 Å². The van der Waals surface area contributed by atoms with Crippen LogP contribution in [0.3, 0.4) is 0 Å². The van der Waals surface area contributed by atoms with Gasteiger partial charge < -0.3 is 4.57 Å². The van der Waals surface area contributed by atoms with Gasteiger partial charge in [0.15, 0.2) is 11.4 Å². The predicted octanol–water partition coefficient (Wildman–Crippen LogP) is 4.43. The fourth-order valence-corrected chi connectivity index (χ4v) is 2.39. The molecule has 0 bridgehead atoms. The summed E-state index contributed by atoms with van der Waals surface area (Å²) < 4.78 is 2.06. The van der Waals surface area contributed by atoms with E-state index in [9.17, 15) is 0 Å². The molecule has 0 N–H and O–H groups in total. The molecule has 1 aromatic heterocycles. The Morgan fingerprint density at radius 1 is 1.00 bits per heavy atom. The maximum absolute atomic E-state index is 7.26. The van der Waals surface area contributed by atoms with Gasteiger partial charge in [-0.25, -0.2) is 9.69 Å². The van der Waals surface area contributed by atoms with Gasteiger partial charge in [-0.1, -0.05) is 18.2 Å². The SMILES string of the molecule is [C-]#[N+]c1ccc2c(c1)c1c([N+]#[C-])cccc1n2C. The molecule has 1 heterocycles. The van der Waals surface area contributed by atoms with Crippen molar-refractivity contribution >= 4 is 33.2 Å². The van der Waals surface area contributed by atoms with Crippen molar-refractivity contribution in [1.29, 1.82) is 0 Å². The molecule has 0 aliphatic heterocycles. The molecule has 3 heteroatoms. The molecule has 2 aromatic carbocycles. The van der Waals surface area contributed by atoms with Crippen LogP contribution >= 0.6 is 0 Å². The van der Waals surface area contributed by atoms with E-state index < -0.39 is 0 Å². The zero-order chi connectivity index (χ0) is 12.7. The average Bonchev–Trinajstić information content (AvgIpc) is 2.72. The second-order valence-electron chi connectivity index (χ2n) is 4.16. The molecule has 3 rings (SSSR count). The summed E-state index contributed by atoms with van der Waals surface area (Å²) in [5, 5.41) is 1.92. The smallest absolute Gasteiger partial charge is 0.196 e. The third-order valence-corrected chi connectivity index (χ3v) is 3.24. The molecule has 18 heavy (non-hydrogen) atoms. The second-order valence-corrected chi connectivity index (χ2v) is 4.16. The Kier molecular flexibility index (Phi) is 2.08. The van der Waals surface area contributed by atoms with Gasteiger partial charge in [-0.15, -0.1) is 0 Å². The van der Waals surface area contributed by atoms with Gasteiger partial charge in [0.25, 0.3) is 0 Å². The van der Waals surface area contributed by atoms with Gasteiger partial charge in [0.2, 0.25) is 0 Å². The molecule has 0 saturated heterocycles. The van der Waals surface area contributed by atoms with Crippen LogP contribution in [0.2, 0.25) is 0 Å². The van der Waals surface area contributed by atoms with Gasteiger partial charge in [-0.2, -0.15) is 0 Å². The highest BCUT2D eigenvalue weighted by Gasteiger charge is 2.11. The van der Waals surface area contributed by atoms with Crippen molar-refractivity contribution in [1.82, 2.24) is 4.57 Å². The molecule has 0 saturated carbocycles. The molecular formula is C15H9N3. The lowest BCUT2D eigenvalue weighted by atomic mass is 10.1. The largest absolute Gasteiger partial charge is 0.345 e. The minimum Gasteiger partial charge on any atom is -0.345 e. The molecule has 0 fully saturated rings. The number of hydrogen-bond donors (Lipinski definition) is 0. The monoisotopic (exact) mass is 231 g/mol. The Morgan fingerprint density at radius 2 is 1.83 bits per heavy atom. The van der Waals surface area contributed by atoms with Gasteiger partial charge in [0.05, 0.1) is 13.1 Å². The first-order valence-electron chi connectivity index (χ1n) is 5.52. The van der Waals surface area contributed by atoms with Gasteiger partial charge in [0, 0.05) is 23.5 Å². The lowest BCUT2D eigenvalue weighted by Gasteiger charge is -1.97. The molecule has 3 aromatic rings.